The van der Waals surface area contributed by atoms with Crippen LogP contribution >= 0.6 is 11.6 Å². The number of ether oxygens (including phenoxy) is 4. The van der Waals surface area contributed by atoms with Gasteiger partial charge in [0.05, 0.1) is 25.3 Å². The first-order valence-electron chi connectivity index (χ1n) is 9.06. The number of hydrogen-bond acceptors (Lipinski definition) is 5. The summed E-state index contributed by atoms with van der Waals surface area (Å²) < 4.78 is 22.2. The molecule has 0 fully saturated rings. The lowest BCUT2D eigenvalue weighted by molar-refractivity contribution is -0.155. The molecule has 0 saturated heterocycles. The van der Waals surface area contributed by atoms with Crippen molar-refractivity contribution in [1.29, 1.82) is 0 Å². The molecule has 1 N–H and O–H groups in total. The molecule has 2 aromatic carbocycles. The van der Waals surface area contributed by atoms with Crippen molar-refractivity contribution in [1.82, 2.24) is 0 Å². The highest BCUT2D eigenvalue weighted by atomic mass is 35.5. The van der Waals surface area contributed by atoms with E-state index < -0.39 is 11.6 Å². The van der Waals surface area contributed by atoms with Crippen LogP contribution in [0.1, 0.15) is 25.3 Å². The van der Waals surface area contributed by atoms with E-state index in [1.165, 1.54) is 0 Å². The van der Waals surface area contributed by atoms with Gasteiger partial charge in [0.15, 0.2) is 0 Å². The van der Waals surface area contributed by atoms with Gasteiger partial charge in [-0.05, 0) is 37.1 Å². The van der Waals surface area contributed by atoms with Gasteiger partial charge in [0.1, 0.15) is 23.0 Å². The normalized spacial score (nSPS) is 18.0. The SMILES string of the molecule is COc1ccc(OCCCOc2ccc3c(c2)O[C@@](C)(C(=O)O)CC3)c(Cl)c1. The Bertz CT molecular complexity index is 853. The third-order valence-corrected chi connectivity index (χ3v) is 4.95. The van der Waals surface area contributed by atoms with Gasteiger partial charge in [0, 0.05) is 25.0 Å². The molecule has 0 spiro atoms. The Balaban J connectivity index is 1.49. The Hall–Kier alpha value is -2.60. The van der Waals surface area contributed by atoms with E-state index in [9.17, 15) is 9.90 Å². The molecule has 150 valence electrons. The molecule has 1 atom stereocenters. The highest BCUT2D eigenvalue weighted by molar-refractivity contribution is 6.32. The maximum absolute atomic E-state index is 11.4. The molecule has 2 aromatic rings. The van der Waals surface area contributed by atoms with Crippen molar-refractivity contribution >= 4 is 17.6 Å². The maximum Gasteiger partial charge on any atom is 0.347 e. The van der Waals surface area contributed by atoms with Crippen LogP contribution in [0.25, 0.3) is 0 Å². The quantitative estimate of drug-likeness (QED) is 0.656. The molecule has 0 radical (unpaired) electrons. The number of fused-ring (bicyclic) bond motifs is 1. The number of rotatable bonds is 8. The van der Waals surface area contributed by atoms with Gasteiger partial charge in [-0.1, -0.05) is 17.7 Å². The van der Waals surface area contributed by atoms with Gasteiger partial charge in [0.2, 0.25) is 5.60 Å². The molecule has 0 saturated carbocycles. The number of carbonyl (C=O) groups is 1. The number of aryl methyl sites for hydroxylation is 1. The highest BCUT2D eigenvalue weighted by Gasteiger charge is 2.39. The number of carboxylic acid groups (broad SMARTS) is 1. The average molecular weight is 407 g/mol. The summed E-state index contributed by atoms with van der Waals surface area (Å²) in [4.78, 5) is 11.4. The molecule has 1 heterocycles. The molecule has 1 aliphatic heterocycles. The van der Waals surface area contributed by atoms with Crippen LogP contribution in [0, 0.1) is 0 Å². The van der Waals surface area contributed by atoms with Gasteiger partial charge in [-0.3, -0.25) is 0 Å². The largest absolute Gasteiger partial charge is 0.497 e. The second kappa shape index (κ2) is 8.61. The van der Waals surface area contributed by atoms with E-state index in [0.717, 1.165) is 5.56 Å². The molecule has 0 aliphatic carbocycles. The fourth-order valence-corrected chi connectivity index (χ4v) is 3.13. The first-order chi connectivity index (χ1) is 13.4. The zero-order chi connectivity index (χ0) is 20.1. The molecule has 1 aliphatic rings. The van der Waals surface area contributed by atoms with E-state index in [0.29, 0.717) is 60.5 Å². The Labute approximate surface area is 168 Å². The second-order valence-corrected chi connectivity index (χ2v) is 7.16. The fourth-order valence-electron chi connectivity index (χ4n) is 2.90. The molecule has 0 bridgehead atoms. The monoisotopic (exact) mass is 406 g/mol. The fraction of sp³-hybridized carbons (Fsp3) is 0.381. The van der Waals surface area contributed by atoms with Gasteiger partial charge in [-0.15, -0.1) is 0 Å². The van der Waals surface area contributed by atoms with Crippen LogP contribution in [0.3, 0.4) is 0 Å². The van der Waals surface area contributed by atoms with Crippen LogP contribution in [0.4, 0.5) is 0 Å². The van der Waals surface area contributed by atoms with Crippen LogP contribution in [0.15, 0.2) is 36.4 Å². The summed E-state index contributed by atoms with van der Waals surface area (Å²) >= 11 is 6.14. The van der Waals surface area contributed by atoms with E-state index >= 15 is 0 Å². The van der Waals surface area contributed by atoms with Crippen molar-refractivity contribution in [2.75, 3.05) is 20.3 Å². The minimum atomic E-state index is -1.20. The lowest BCUT2D eigenvalue weighted by Gasteiger charge is -2.32. The van der Waals surface area contributed by atoms with Crippen LogP contribution in [-0.4, -0.2) is 37.0 Å². The molecule has 28 heavy (non-hydrogen) atoms. The first-order valence-corrected chi connectivity index (χ1v) is 9.43. The predicted octanol–water partition coefficient (Wildman–Crippen LogP) is 4.36. The first kappa shape index (κ1) is 20.1. The number of hydrogen-bond donors (Lipinski definition) is 1. The highest BCUT2D eigenvalue weighted by Crippen LogP contribution is 2.36. The number of benzene rings is 2. The summed E-state index contributed by atoms with van der Waals surface area (Å²) in [7, 11) is 1.58. The smallest absolute Gasteiger partial charge is 0.347 e. The van der Waals surface area contributed by atoms with Crippen LogP contribution < -0.4 is 18.9 Å². The van der Waals surface area contributed by atoms with Crippen LogP contribution in [0.2, 0.25) is 5.02 Å². The van der Waals surface area contributed by atoms with Crippen molar-refractivity contribution in [2.45, 2.75) is 31.8 Å². The zero-order valence-corrected chi connectivity index (χ0v) is 16.6. The van der Waals surface area contributed by atoms with Crippen molar-refractivity contribution in [3.8, 4) is 23.0 Å². The molecular weight excluding hydrogens is 384 g/mol. The van der Waals surface area contributed by atoms with Gasteiger partial charge < -0.3 is 24.1 Å². The van der Waals surface area contributed by atoms with E-state index in [4.69, 9.17) is 30.5 Å². The number of aliphatic carboxylic acids is 1. The third-order valence-electron chi connectivity index (χ3n) is 4.65. The number of methoxy groups -OCH3 is 1. The van der Waals surface area contributed by atoms with Crippen LogP contribution in [-0.2, 0) is 11.2 Å². The number of carboxylic acids is 1. The van der Waals surface area contributed by atoms with Gasteiger partial charge in [-0.2, -0.15) is 0 Å². The minimum Gasteiger partial charge on any atom is -0.497 e. The van der Waals surface area contributed by atoms with E-state index in [-0.39, 0.29) is 0 Å². The topological polar surface area (TPSA) is 74.2 Å². The Kier molecular flexibility index (Phi) is 6.19. The summed E-state index contributed by atoms with van der Waals surface area (Å²) in [6, 6.07) is 10.8. The lowest BCUT2D eigenvalue weighted by atomic mass is 9.93. The van der Waals surface area contributed by atoms with Crippen molar-refractivity contribution < 1.29 is 28.8 Å². The molecule has 0 amide bonds. The summed E-state index contributed by atoms with van der Waals surface area (Å²) in [6.07, 6.45) is 1.77. The predicted molar refractivity (Wildman–Crippen MR) is 105 cm³/mol. The van der Waals surface area contributed by atoms with Crippen LogP contribution in [0.5, 0.6) is 23.0 Å². The summed E-state index contributed by atoms with van der Waals surface area (Å²) in [5.41, 5.74) is -0.208. The Morgan fingerprint density at radius 3 is 2.64 bits per heavy atom. The standard InChI is InChI=1S/C21H23ClO6/c1-21(20(23)24)9-8-14-4-5-16(13-19(14)28-21)26-10-3-11-27-18-7-6-15(25-2)12-17(18)22/h4-7,12-13H,3,8-11H2,1-2H3,(H,23,24)/t21-/m1/s1. The van der Waals surface area contributed by atoms with E-state index in [1.54, 1.807) is 38.3 Å². The molecule has 7 heteroatoms. The molecule has 3 rings (SSSR count). The minimum absolute atomic E-state index is 0.445. The van der Waals surface area contributed by atoms with Gasteiger partial charge >= 0.3 is 5.97 Å². The summed E-state index contributed by atoms with van der Waals surface area (Å²) in [5.74, 6) is 1.51. The third kappa shape index (κ3) is 4.62. The van der Waals surface area contributed by atoms with E-state index in [1.807, 2.05) is 12.1 Å². The summed E-state index contributed by atoms with van der Waals surface area (Å²) in [5, 5.41) is 9.84. The zero-order valence-electron chi connectivity index (χ0n) is 15.9. The van der Waals surface area contributed by atoms with E-state index in [2.05, 4.69) is 0 Å². The van der Waals surface area contributed by atoms with Gasteiger partial charge in [0.25, 0.3) is 0 Å². The molecular formula is C21H23ClO6. The van der Waals surface area contributed by atoms with Crippen molar-refractivity contribution in [3.63, 3.8) is 0 Å². The Morgan fingerprint density at radius 1 is 1.18 bits per heavy atom. The molecule has 6 nitrogen and oxygen atoms in total. The van der Waals surface area contributed by atoms with Gasteiger partial charge in [-0.25, -0.2) is 4.79 Å². The molecule has 0 aromatic heterocycles. The number of halogens is 1. The maximum atomic E-state index is 11.4. The summed E-state index contributed by atoms with van der Waals surface area (Å²) in [6.45, 7) is 2.49. The Morgan fingerprint density at radius 2 is 1.93 bits per heavy atom. The average Bonchev–Trinajstić information content (AvgIpc) is 2.68. The molecule has 0 unspecified atom stereocenters. The van der Waals surface area contributed by atoms with Crippen molar-refractivity contribution in [3.05, 3.63) is 47.0 Å². The van der Waals surface area contributed by atoms with Crippen molar-refractivity contribution in [2.24, 2.45) is 0 Å². The lowest BCUT2D eigenvalue weighted by Crippen LogP contribution is -2.44. The second-order valence-electron chi connectivity index (χ2n) is 6.75.